The minimum Gasteiger partial charge on any atom is -0.396 e. The second-order valence-corrected chi connectivity index (χ2v) is 5.67. The van der Waals surface area contributed by atoms with E-state index in [2.05, 4.69) is 10.3 Å². The van der Waals surface area contributed by atoms with Crippen molar-refractivity contribution in [2.45, 2.75) is 6.42 Å². The van der Waals surface area contributed by atoms with Crippen LogP contribution in [0.1, 0.15) is 5.56 Å². The number of hydrogen-bond donors (Lipinski definition) is 2. The number of aliphatic hydroxyl groups is 1. The van der Waals surface area contributed by atoms with Crippen LogP contribution in [-0.4, -0.2) is 16.7 Å². The van der Waals surface area contributed by atoms with Crippen molar-refractivity contribution in [3.63, 3.8) is 0 Å². The Bertz CT molecular complexity index is 787. The van der Waals surface area contributed by atoms with Gasteiger partial charge in [-0.2, -0.15) is 0 Å². The van der Waals surface area contributed by atoms with E-state index in [0.29, 0.717) is 11.4 Å². The smallest absolute Gasteiger partial charge is 0.0723 e. The van der Waals surface area contributed by atoms with E-state index >= 15 is 0 Å². The highest BCUT2D eigenvalue weighted by molar-refractivity contribution is 6.30. The molecule has 0 amide bonds. The zero-order valence-corrected chi connectivity index (χ0v) is 13.3. The van der Waals surface area contributed by atoms with Gasteiger partial charge in [-0.3, -0.25) is 4.98 Å². The summed E-state index contributed by atoms with van der Waals surface area (Å²) in [4.78, 5) is 4.40. The van der Waals surface area contributed by atoms with Crippen LogP contribution in [0.4, 0.5) is 11.4 Å². The number of aromatic nitrogens is 1. The molecule has 0 aliphatic rings. The van der Waals surface area contributed by atoms with Crippen LogP contribution in [-0.2, 0) is 6.42 Å². The second-order valence-electron chi connectivity index (χ2n) is 5.24. The highest BCUT2D eigenvalue weighted by Gasteiger charge is 2.02. The van der Waals surface area contributed by atoms with Crippen molar-refractivity contribution in [3.8, 4) is 11.3 Å². The first-order valence-corrected chi connectivity index (χ1v) is 7.81. The van der Waals surface area contributed by atoms with Crippen LogP contribution in [0.5, 0.6) is 0 Å². The van der Waals surface area contributed by atoms with Gasteiger partial charge in [-0.15, -0.1) is 0 Å². The maximum absolute atomic E-state index is 8.95. The van der Waals surface area contributed by atoms with Gasteiger partial charge in [-0.05, 0) is 48.4 Å². The lowest BCUT2D eigenvalue weighted by atomic mass is 10.1. The molecule has 0 saturated heterocycles. The zero-order chi connectivity index (χ0) is 16.1. The summed E-state index contributed by atoms with van der Waals surface area (Å²) in [6.07, 6.45) is 2.45. The fourth-order valence-electron chi connectivity index (χ4n) is 2.36. The number of hydrogen-bond acceptors (Lipinski definition) is 3. The van der Waals surface area contributed by atoms with Gasteiger partial charge in [0, 0.05) is 34.8 Å². The van der Waals surface area contributed by atoms with Gasteiger partial charge in [0.05, 0.1) is 5.69 Å². The van der Waals surface area contributed by atoms with Crippen molar-refractivity contribution in [1.29, 1.82) is 0 Å². The number of aliphatic hydroxyl groups excluding tert-OH is 1. The lowest BCUT2D eigenvalue weighted by Crippen LogP contribution is -1.94. The fraction of sp³-hybridized carbons (Fsp3) is 0.105. The summed E-state index contributed by atoms with van der Waals surface area (Å²) in [5, 5.41) is 13.0. The molecule has 0 atom stereocenters. The number of nitrogens with zero attached hydrogens (tertiary/aromatic N) is 1. The number of pyridine rings is 1. The van der Waals surface area contributed by atoms with Gasteiger partial charge in [0.2, 0.25) is 0 Å². The Labute approximate surface area is 140 Å². The Balaban J connectivity index is 1.80. The van der Waals surface area contributed by atoms with E-state index in [1.807, 2.05) is 60.7 Å². The van der Waals surface area contributed by atoms with E-state index in [4.69, 9.17) is 16.7 Å². The standard InChI is InChI=1S/C19H17ClN2O/c20-16-3-1-2-15(12-16)19-13-18(8-10-21-19)22-17-6-4-14(5-7-17)9-11-23/h1-8,10,12-13,23H,9,11H2,(H,21,22). The molecule has 3 nitrogen and oxygen atoms in total. The van der Waals surface area contributed by atoms with Crippen molar-refractivity contribution in [2.75, 3.05) is 11.9 Å². The van der Waals surface area contributed by atoms with E-state index in [1.165, 1.54) is 0 Å². The number of rotatable bonds is 5. The molecule has 0 aliphatic heterocycles. The first-order valence-electron chi connectivity index (χ1n) is 7.43. The fourth-order valence-corrected chi connectivity index (χ4v) is 2.55. The Kier molecular flexibility index (Phi) is 4.91. The lowest BCUT2D eigenvalue weighted by molar-refractivity contribution is 0.299. The highest BCUT2D eigenvalue weighted by atomic mass is 35.5. The van der Waals surface area contributed by atoms with Gasteiger partial charge in [-0.25, -0.2) is 0 Å². The molecule has 3 rings (SSSR count). The molecule has 116 valence electrons. The predicted octanol–water partition coefficient (Wildman–Crippen LogP) is 4.68. The predicted molar refractivity (Wildman–Crippen MR) is 95.2 cm³/mol. The number of anilines is 2. The van der Waals surface area contributed by atoms with Crippen LogP contribution in [0.2, 0.25) is 5.02 Å². The van der Waals surface area contributed by atoms with Crippen LogP contribution in [0.15, 0.2) is 66.9 Å². The molecule has 3 aromatic rings. The minimum atomic E-state index is 0.167. The average molecular weight is 325 g/mol. The molecule has 2 N–H and O–H groups in total. The third kappa shape index (κ3) is 4.09. The van der Waals surface area contributed by atoms with E-state index in [1.54, 1.807) is 6.20 Å². The maximum Gasteiger partial charge on any atom is 0.0723 e. The molecular weight excluding hydrogens is 308 g/mol. The molecule has 0 bridgehead atoms. The third-order valence-corrected chi connectivity index (χ3v) is 3.76. The summed E-state index contributed by atoms with van der Waals surface area (Å²) in [7, 11) is 0. The van der Waals surface area contributed by atoms with Gasteiger partial charge in [-0.1, -0.05) is 35.9 Å². The minimum absolute atomic E-state index is 0.167. The topological polar surface area (TPSA) is 45.1 Å². The Hall–Kier alpha value is -2.36. The van der Waals surface area contributed by atoms with Crippen LogP contribution >= 0.6 is 11.6 Å². The summed E-state index contributed by atoms with van der Waals surface area (Å²) in [6, 6.07) is 19.6. The molecule has 0 aliphatic carbocycles. The summed E-state index contributed by atoms with van der Waals surface area (Å²) in [6.45, 7) is 0.167. The molecule has 0 unspecified atom stereocenters. The van der Waals surface area contributed by atoms with Crippen LogP contribution < -0.4 is 5.32 Å². The Morgan fingerprint density at radius 3 is 2.52 bits per heavy atom. The lowest BCUT2D eigenvalue weighted by Gasteiger charge is -2.09. The highest BCUT2D eigenvalue weighted by Crippen LogP contribution is 2.24. The second kappa shape index (κ2) is 7.27. The van der Waals surface area contributed by atoms with Crippen molar-refractivity contribution in [2.24, 2.45) is 0 Å². The summed E-state index contributed by atoms with van der Waals surface area (Å²) < 4.78 is 0. The SMILES string of the molecule is OCCc1ccc(Nc2ccnc(-c3cccc(Cl)c3)c2)cc1. The van der Waals surface area contributed by atoms with Crippen molar-refractivity contribution >= 4 is 23.0 Å². The molecule has 1 aromatic heterocycles. The summed E-state index contributed by atoms with van der Waals surface area (Å²) in [5.41, 5.74) is 4.93. The molecule has 0 radical (unpaired) electrons. The van der Waals surface area contributed by atoms with E-state index < -0.39 is 0 Å². The molecule has 0 fully saturated rings. The van der Waals surface area contributed by atoms with Gasteiger partial charge < -0.3 is 10.4 Å². The van der Waals surface area contributed by atoms with Crippen molar-refractivity contribution in [3.05, 3.63) is 77.4 Å². The van der Waals surface area contributed by atoms with E-state index in [-0.39, 0.29) is 6.61 Å². The van der Waals surface area contributed by atoms with Crippen molar-refractivity contribution in [1.82, 2.24) is 4.98 Å². The summed E-state index contributed by atoms with van der Waals surface area (Å²) in [5.74, 6) is 0. The van der Waals surface area contributed by atoms with Gasteiger partial charge in [0.15, 0.2) is 0 Å². The monoisotopic (exact) mass is 324 g/mol. The van der Waals surface area contributed by atoms with E-state index in [0.717, 1.165) is 28.2 Å². The Morgan fingerprint density at radius 2 is 1.78 bits per heavy atom. The van der Waals surface area contributed by atoms with Crippen molar-refractivity contribution < 1.29 is 5.11 Å². The van der Waals surface area contributed by atoms with Crippen LogP contribution in [0.3, 0.4) is 0 Å². The molecule has 23 heavy (non-hydrogen) atoms. The molecule has 1 heterocycles. The number of benzene rings is 2. The first kappa shape index (κ1) is 15.5. The molecule has 0 saturated carbocycles. The Morgan fingerprint density at radius 1 is 0.957 bits per heavy atom. The average Bonchev–Trinajstić information content (AvgIpc) is 2.57. The quantitative estimate of drug-likeness (QED) is 0.716. The largest absolute Gasteiger partial charge is 0.396 e. The van der Waals surface area contributed by atoms with E-state index in [9.17, 15) is 0 Å². The molecule has 4 heteroatoms. The van der Waals surface area contributed by atoms with Gasteiger partial charge >= 0.3 is 0 Å². The molecule has 0 spiro atoms. The van der Waals surface area contributed by atoms with Gasteiger partial charge in [0.25, 0.3) is 0 Å². The van der Waals surface area contributed by atoms with Crippen LogP contribution in [0.25, 0.3) is 11.3 Å². The number of halogens is 1. The number of nitrogens with one attached hydrogen (secondary N) is 1. The summed E-state index contributed by atoms with van der Waals surface area (Å²) >= 11 is 6.04. The first-order chi connectivity index (χ1) is 11.2. The third-order valence-electron chi connectivity index (χ3n) is 3.52. The van der Waals surface area contributed by atoms with Crippen LogP contribution in [0, 0.1) is 0 Å². The normalized spacial score (nSPS) is 10.5. The molecule has 2 aromatic carbocycles. The molecular formula is C19H17ClN2O. The maximum atomic E-state index is 8.95. The van der Waals surface area contributed by atoms with Gasteiger partial charge in [0.1, 0.15) is 0 Å². The zero-order valence-electron chi connectivity index (χ0n) is 12.5.